The molecule has 2 N–H and O–H groups in total. The second-order valence-electron chi connectivity index (χ2n) is 4.86. The summed E-state index contributed by atoms with van der Waals surface area (Å²) >= 11 is 0. The van der Waals surface area contributed by atoms with Gasteiger partial charge in [-0.2, -0.15) is 0 Å². The third kappa shape index (κ3) is 8.28. The fourth-order valence-corrected chi connectivity index (χ4v) is 2.93. The summed E-state index contributed by atoms with van der Waals surface area (Å²) in [5, 5.41) is 0. The van der Waals surface area contributed by atoms with E-state index in [2.05, 4.69) is 0 Å². The number of hydrogen-bond donors (Lipinski definition) is 1. The van der Waals surface area contributed by atoms with Gasteiger partial charge in [0.25, 0.3) is 0 Å². The molecule has 0 aliphatic heterocycles. The molecule has 0 atom stereocenters. The Balaban J connectivity index is 4.18. The summed E-state index contributed by atoms with van der Waals surface area (Å²) in [6.45, 7) is 9.55. The predicted molar refractivity (Wildman–Crippen MR) is 67.7 cm³/mol. The molecule has 0 heterocycles. The van der Waals surface area contributed by atoms with Crippen LogP contribution in [0.2, 0.25) is 0 Å². The Hall–Kier alpha value is 0.110. The summed E-state index contributed by atoms with van der Waals surface area (Å²) in [6, 6.07) is 0. The quantitative estimate of drug-likeness (QED) is 0.640. The molecule has 0 aromatic carbocycles. The van der Waals surface area contributed by atoms with Crippen molar-refractivity contribution in [1.29, 1.82) is 0 Å². The normalized spacial score (nSPS) is 12.7. The van der Waals surface area contributed by atoms with Crippen molar-refractivity contribution in [2.45, 2.75) is 34.1 Å². The van der Waals surface area contributed by atoms with Crippen LogP contribution in [0.25, 0.3) is 0 Å². The van der Waals surface area contributed by atoms with E-state index in [0.29, 0.717) is 44.2 Å². The van der Waals surface area contributed by atoms with Gasteiger partial charge in [-0.25, -0.2) is 0 Å². The van der Waals surface area contributed by atoms with Gasteiger partial charge < -0.3 is 14.8 Å². The molecule has 16 heavy (non-hydrogen) atoms. The monoisotopic (exact) mass is 251 g/mol. The highest BCUT2D eigenvalue weighted by atomic mass is 31.2. The lowest BCUT2D eigenvalue weighted by atomic mass is 10.2. The minimum absolute atomic E-state index is 0.355. The summed E-state index contributed by atoms with van der Waals surface area (Å²) < 4.78 is 23.1. The van der Waals surface area contributed by atoms with Crippen LogP contribution in [0.5, 0.6) is 0 Å². The van der Waals surface area contributed by atoms with E-state index < -0.39 is 7.60 Å². The number of rotatable bonds is 9. The average Bonchev–Trinajstić information content (AvgIpc) is 2.21. The van der Waals surface area contributed by atoms with E-state index in [1.807, 2.05) is 27.7 Å². The van der Waals surface area contributed by atoms with E-state index >= 15 is 0 Å². The van der Waals surface area contributed by atoms with Crippen molar-refractivity contribution in [2.75, 3.05) is 25.9 Å². The van der Waals surface area contributed by atoms with Gasteiger partial charge in [0, 0.05) is 0 Å². The van der Waals surface area contributed by atoms with E-state index in [4.69, 9.17) is 14.8 Å². The zero-order chi connectivity index (χ0) is 12.6. The van der Waals surface area contributed by atoms with Crippen molar-refractivity contribution in [2.24, 2.45) is 17.6 Å². The van der Waals surface area contributed by atoms with Crippen LogP contribution in [0.3, 0.4) is 0 Å². The zero-order valence-electron chi connectivity index (χ0n) is 10.9. The highest BCUT2D eigenvalue weighted by molar-refractivity contribution is 7.53. The second-order valence-corrected chi connectivity index (χ2v) is 7.04. The molecular weight excluding hydrogens is 225 g/mol. The maximum Gasteiger partial charge on any atom is 0.330 e. The van der Waals surface area contributed by atoms with Gasteiger partial charge in [-0.15, -0.1) is 0 Å². The van der Waals surface area contributed by atoms with Crippen molar-refractivity contribution in [3.8, 4) is 0 Å². The molecular formula is C11H26NO3P. The van der Waals surface area contributed by atoms with Crippen molar-refractivity contribution >= 4 is 7.60 Å². The SMILES string of the molecule is CC(C)COP(=O)(CCCN)OCC(C)C. The van der Waals surface area contributed by atoms with Crippen molar-refractivity contribution in [3.63, 3.8) is 0 Å². The average molecular weight is 251 g/mol. The van der Waals surface area contributed by atoms with Gasteiger partial charge in [0.15, 0.2) is 0 Å². The number of hydrogen-bond acceptors (Lipinski definition) is 4. The van der Waals surface area contributed by atoms with Crippen molar-refractivity contribution < 1.29 is 13.6 Å². The predicted octanol–water partition coefficient (Wildman–Crippen LogP) is 2.87. The lowest BCUT2D eigenvalue weighted by Gasteiger charge is -2.20. The molecule has 0 aliphatic carbocycles. The topological polar surface area (TPSA) is 61.5 Å². The van der Waals surface area contributed by atoms with Crippen molar-refractivity contribution in [1.82, 2.24) is 0 Å². The summed E-state index contributed by atoms with van der Waals surface area (Å²) in [7, 11) is -2.92. The third-order valence-corrected chi connectivity index (χ3v) is 3.79. The summed E-state index contributed by atoms with van der Waals surface area (Å²) in [5.74, 6) is 0.711. The molecule has 4 nitrogen and oxygen atoms in total. The summed E-state index contributed by atoms with van der Waals surface area (Å²) in [6.07, 6.45) is 1.09. The maximum absolute atomic E-state index is 12.3. The van der Waals surface area contributed by atoms with E-state index in [1.54, 1.807) is 0 Å². The Morgan fingerprint density at radius 2 is 1.50 bits per heavy atom. The molecule has 0 aromatic rings. The van der Waals surface area contributed by atoms with Crippen LogP contribution >= 0.6 is 7.60 Å². The smallest absolute Gasteiger partial charge is 0.330 e. The third-order valence-electron chi connectivity index (χ3n) is 1.85. The van der Waals surface area contributed by atoms with Crippen LogP contribution < -0.4 is 5.73 Å². The molecule has 0 radical (unpaired) electrons. The van der Waals surface area contributed by atoms with E-state index in [-0.39, 0.29) is 0 Å². The number of nitrogens with two attached hydrogens (primary N) is 1. The first-order valence-corrected chi connectivity index (χ1v) is 7.70. The van der Waals surface area contributed by atoms with Crippen LogP contribution in [0.15, 0.2) is 0 Å². The summed E-state index contributed by atoms with van der Waals surface area (Å²) in [5.41, 5.74) is 5.42. The van der Waals surface area contributed by atoms with Crippen molar-refractivity contribution in [3.05, 3.63) is 0 Å². The minimum atomic E-state index is -2.92. The second kappa shape index (κ2) is 8.24. The van der Waals surface area contributed by atoms with Gasteiger partial charge in [-0.05, 0) is 24.8 Å². The first-order chi connectivity index (χ1) is 7.39. The Morgan fingerprint density at radius 1 is 1.06 bits per heavy atom. The summed E-state index contributed by atoms with van der Waals surface area (Å²) in [4.78, 5) is 0. The van der Waals surface area contributed by atoms with Crippen LogP contribution in [0.1, 0.15) is 34.1 Å². The van der Waals surface area contributed by atoms with Gasteiger partial charge in [0.05, 0.1) is 19.4 Å². The highest BCUT2D eigenvalue weighted by Crippen LogP contribution is 2.49. The van der Waals surface area contributed by atoms with Crippen LogP contribution in [-0.4, -0.2) is 25.9 Å². The minimum Gasteiger partial charge on any atom is -0.330 e. The standard InChI is InChI=1S/C11H26NO3P/c1-10(2)8-14-16(13,7-5-6-12)15-9-11(3)4/h10-11H,5-9,12H2,1-4H3. The Morgan fingerprint density at radius 3 is 1.81 bits per heavy atom. The Labute approximate surface area is 99.4 Å². The fourth-order valence-electron chi connectivity index (χ4n) is 0.977. The highest BCUT2D eigenvalue weighted by Gasteiger charge is 2.24. The van der Waals surface area contributed by atoms with Gasteiger partial charge in [0.1, 0.15) is 0 Å². The molecule has 0 aliphatic rings. The lowest BCUT2D eigenvalue weighted by Crippen LogP contribution is -2.10. The van der Waals surface area contributed by atoms with E-state index in [9.17, 15) is 4.57 Å². The fraction of sp³-hybridized carbons (Fsp3) is 1.00. The molecule has 5 heteroatoms. The van der Waals surface area contributed by atoms with Gasteiger partial charge in [0.2, 0.25) is 0 Å². The van der Waals surface area contributed by atoms with Gasteiger partial charge in [-0.1, -0.05) is 27.7 Å². The molecule has 0 fully saturated rings. The largest absolute Gasteiger partial charge is 0.330 e. The zero-order valence-corrected chi connectivity index (χ0v) is 11.8. The first-order valence-electron chi connectivity index (χ1n) is 5.98. The van der Waals surface area contributed by atoms with Crippen LogP contribution in [-0.2, 0) is 13.6 Å². The first kappa shape index (κ1) is 16.1. The van der Waals surface area contributed by atoms with Gasteiger partial charge >= 0.3 is 7.60 Å². The Bertz CT molecular complexity index is 203. The lowest BCUT2D eigenvalue weighted by molar-refractivity contribution is 0.173. The molecule has 0 spiro atoms. The molecule has 0 amide bonds. The molecule has 0 rings (SSSR count). The molecule has 0 aromatic heterocycles. The molecule has 0 bridgehead atoms. The maximum atomic E-state index is 12.3. The molecule has 0 unspecified atom stereocenters. The van der Waals surface area contributed by atoms with E-state index in [0.717, 1.165) is 0 Å². The molecule has 98 valence electrons. The van der Waals surface area contributed by atoms with Crippen LogP contribution in [0, 0.1) is 11.8 Å². The molecule has 0 saturated carbocycles. The van der Waals surface area contributed by atoms with Crippen LogP contribution in [0.4, 0.5) is 0 Å². The van der Waals surface area contributed by atoms with E-state index in [1.165, 1.54) is 0 Å². The Kier molecular flexibility index (Phi) is 8.29. The van der Waals surface area contributed by atoms with Gasteiger partial charge in [-0.3, -0.25) is 4.57 Å². The molecule has 0 saturated heterocycles.